The molecule has 0 heterocycles. The lowest BCUT2D eigenvalue weighted by molar-refractivity contribution is -0.136. The van der Waals surface area contributed by atoms with Gasteiger partial charge in [0.05, 0.1) is 11.7 Å². The van der Waals surface area contributed by atoms with Crippen LogP contribution in [0.1, 0.15) is 36.2 Å². The number of ether oxygens (including phenoxy) is 1. The molecule has 5 heteroatoms. The van der Waals surface area contributed by atoms with E-state index in [1.165, 1.54) is 0 Å². The standard InChI is InChI=1S/C19H21NO4/c1-13(2)24-17-6-4-3-5-16(17)19(23)20-15-10-7-14(8-11-15)9-12-18(21)22/h3-8,10-11,13H,9,12H2,1-2H3,(H,20,23)(H,21,22). The zero-order chi connectivity index (χ0) is 17.5. The molecule has 0 aliphatic carbocycles. The smallest absolute Gasteiger partial charge is 0.303 e. The van der Waals surface area contributed by atoms with Crippen molar-refractivity contribution >= 4 is 17.6 Å². The van der Waals surface area contributed by atoms with Crippen molar-refractivity contribution in [3.8, 4) is 5.75 Å². The molecular formula is C19H21NO4. The Balaban J connectivity index is 2.06. The molecule has 0 aliphatic rings. The molecule has 0 bridgehead atoms. The molecule has 2 aromatic carbocycles. The first-order chi connectivity index (χ1) is 11.5. The first-order valence-electron chi connectivity index (χ1n) is 7.83. The number of rotatable bonds is 7. The summed E-state index contributed by atoms with van der Waals surface area (Å²) in [5.41, 5.74) is 2.04. The topological polar surface area (TPSA) is 75.6 Å². The minimum atomic E-state index is -0.825. The second-order valence-electron chi connectivity index (χ2n) is 5.71. The van der Waals surface area contributed by atoms with Crippen molar-refractivity contribution in [2.45, 2.75) is 32.8 Å². The molecule has 0 saturated carbocycles. The van der Waals surface area contributed by atoms with Gasteiger partial charge in [0.2, 0.25) is 0 Å². The zero-order valence-corrected chi connectivity index (χ0v) is 13.8. The summed E-state index contributed by atoms with van der Waals surface area (Å²) in [4.78, 5) is 23.0. The van der Waals surface area contributed by atoms with Crippen molar-refractivity contribution in [1.82, 2.24) is 0 Å². The fraction of sp³-hybridized carbons (Fsp3) is 0.263. The fourth-order valence-corrected chi connectivity index (χ4v) is 2.22. The molecule has 0 saturated heterocycles. The van der Waals surface area contributed by atoms with Crippen LogP contribution in [0, 0.1) is 0 Å². The molecule has 0 atom stereocenters. The van der Waals surface area contributed by atoms with E-state index in [1.807, 2.05) is 32.0 Å². The summed E-state index contributed by atoms with van der Waals surface area (Å²) in [6.45, 7) is 3.81. The lowest BCUT2D eigenvalue weighted by atomic mass is 10.1. The second kappa shape index (κ2) is 8.15. The highest BCUT2D eigenvalue weighted by atomic mass is 16.5. The predicted octanol–water partition coefficient (Wildman–Crippen LogP) is 3.74. The average molecular weight is 327 g/mol. The molecule has 0 spiro atoms. The number of hydrogen-bond donors (Lipinski definition) is 2. The average Bonchev–Trinajstić information content (AvgIpc) is 2.54. The van der Waals surface area contributed by atoms with Crippen LogP contribution < -0.4 is 10.1 Å². The maximum Gasteiger partial charge on any atom is 0.303 e. The number of para-hydroxylation sites is 1. The summed E-state index contributed by atoms with van der Waals surface area (Å²) in [6.07, 6.45) is 0.535. The number of carboxylic acids is 1. The lowest BCUT2D eigenvalue weighted by Gasteiger charge is -2.14. The Kier molecular flexibility index (Phi) is 5.95. The second-order valence-corrected chi connectivity index (χ2v) is 5.71. The molecule has 126 valence electrons. The maximum absolute atomic E-state index is 12.4. The number of aryl methyl sites for hydroxylation is 1. The van der Waals surface area contributed by atoms with Gasteiger partial charge >= 0.3 is 5.97 Å². The van der Waals surface area contributed by atoms with Gasteiger partial charge in [0.1, 0.15) is 5.75 Å². The van der Waals surface area contributed by atoms with Crippen LogP contribution in [-0.2, 0) is 11.2 Å². The van der Waals surface area contributed by atoms with E-state index >= 15 is 0 Å². The Morgan fingerprint density at radius 2 is 1.75 bits per heavy atom. The van der Waals surface area contributed by atoms with E-state index < -0.39 is 5.97 Å². The number of carbonyl (C=O) groups excluding carboxylic acids is 1. The van der Waals surface area contributed by atoms with Crippen molar-refractivity contribution < 1.29 is 19.4 Å². The van der Waals surface area contributed by atoms with Crippen molar-refractivity contribution in [2.75, 3.05) is 5.32 Å². The Morgan fingerprint density at radius 3 is 2.38 bits per heavy atom. The van der Waals surface area contributed by atoms with Crippen LogP contribution in [0.15, 0.2) is 48.5 Å². The molecule has 0 aromatic heterocycles. The third-order valence-electron chi connectivity index (χ3n) is 3.33. The Bertz CT molecular complexity index is 708. The number of anilines is 1. The summed E-state index contributed by atoms with van der Waals surface area (Å²) in [5, 5.41) is 11.5. The molecule has 1 amide bonds. The largest absolute Gasteiger partial charge is 0.490 e. The van der Waals surface area contributed by atoms with Crippen molar-refractivity contribution in [1.29, 1.82) is 0 Å². The van der Waals surface area contributed by atoms with E-state index in [9.17, 15) is 9.59 Å². The molecular weight excluding hydrogens is 306 g/mol. The van der Waals surface area contributed by atoms with Crippen LogP contribution in [0.25, 0.3) is 0 Å². The minimum Gasteiger partial charge on any atom is -0.490 e. The number of carbonyl (C=O) groups is 2. The summed E-state index contributed by atoms with van der Waals surface area (Å²) in [6, 6.07) is 14.3. The lowest BCUT2D eigenvalue weighted by Crippen LogP contribution is -2.15. The van der Waals surface area contributed by atoms with Crippen LogP contribution in [0.4, 0.5) is 5.69 Å². The molecule has 24 heavy (non-hydrogen) atoms. The third-order valence-corrected chi connectivity index (χ3v) is 3.33. The van der Waals surface area contributed by atoms with Crippen molar-refractivity contribution in [3.63, 3.8) is 0 Å². The first-order valence-corrected chi connectivity index (χ1v) is 7.83. The van der Waals surface area contributed by atoms with E-state index in [1.54, 1.807) is 30.3 Å². The Hall–Kier alpha value is -2.82. The van der Waals surface area contributed by atoms with Crippen LogP contribution in [0.3, 0.4) is 0 Å². The normalized spacial score (nSPS) is 10.5. The van der Waals surface area contributed by atoms with Gasteiger partial charge in [-0.1, -0.05) is 24.3 Å². The van der Waals surface area contributed by atoms with Crippen LogP contribution >= 0.6 is 0 Å². The van der Waals surface area contributed by atoms with Gasteiger partial charge < -0.3 is 15.2 Å². The number of benzene rings is 2. The maximum atomic E-state index is 12.4. The van der Waals surface area contributed by atoms with Gasteiger partial charge in [0.25, 0.3) is 5.91 Å². The van der Waals surface area contributed by atoms with Crippen molar-refractivity contribution in [2.24, 2.45) is 0 Å². The molecule has 5 nitrogen and oxygen atoms in total. The zero-order valence-electron chi connectivity index (χ0n) is 13.8. The number of amides is 1. The first kappa shape index (κ1) is 17.5. The predicted molar refractivity (Wildman–Crippen MR) is 92.6 cm³/mol. The van der Waals surface area contributed by atoms with Crippen molar-refractivity contribution in [3.05, 3.63) is 59.7 Å². The monoisotopic (exact) mass is 327 g/mol. The summed E-state index contributed by atoms with van der Waals surface area (Å²) in [5.74, 6) is -0.526. The minimum absolute atomic E-state index is 0.0209. The number of carboxylic acid groups (broad SMARTS) is 1. The Labute approximate surface area is 141 Å². The van der Waals surface area contributed by atoms with Gasteiger partial charge in [0.15, 0.2) is 0 Å². The summed E-state index contributed by atoms with van der Waals surface area (Å²) >= 11 is 0. The van der Waals surface area contributed by atoms with E-state index in [0.29, 0.717) is 23.4 Å². The Morgan fingerprint density at radius 1 is 1.08 bits per heavy atom. The van der Waals surface area contributed by atoms with E-state index in [4.69, 9.17) is 9.84 Å². The van der Waals surface area contributed by atoms with Gasteiger partial charge in [-0.15, -0.1) is 0 Å². The molecule has 0 aliphatic heterocycles. The fourth-order valence-electron chi connectivity index (χ4n) is 2.22. The van der Waals surface area contributed by atoms with Crippen LogP contribution in [-0.4, -0.2) is 23.1 Å². The van der Waals surface area contributed by atoms with E-state index in [2.05, 4.69) is 5.32 Å². The number of hydrogen-bond acceptors (Lipinski definition) is 3. The molecule has 2 rings (SSSR count). The summed E-state index contributed by atoms with van der Waals surface area (Å²) < 4.78 is 5.66. The van der Waals surface area contributed by atoms with Crippen LogP contribution in [0.2, 0.25) is 0 Å². The molecule has 0 radical (unpaired) electrons. The quantitative estimate of drug-likeness (QED) is 0.812. The molecule has 2 N–H and O–H groups in total. The van der Waals surface area contributed by atoms with Gasteiger partial charge in [-0.3, -0.25) is 9.59 Å². The number of aliphatic carboxylic acids is 1. The number of nitrogens with one attached hydrogen (secondary N) is 1. The van der Waals surface area contributed by atoms with E-state index in [-0.39, 0.29) is 18.4 Å². The molecule has 2 aromatic rings. The summed E-state index contributed by atoms with van der Waals surface area (Å²) in [7, 11) is 0. The van der Waals surface area contributed by atoms with Gasteiger partial charge in [-0.2, -0.15) is 0 Å². The highest BCUT2D eigenvalue weighted by Crippen LogP contribution is 2.21. The van der Waals surface area contributed by atoms with Gasteiger partial charge in [-0.25, -0.2) is 0 Å². The highest BCUT2D eigenvalue weighted by molar-refractivity contribution is 6.06. The highest BCUT2D eigenvalue weighted by Gasteiger charge is 2.13. The van der Waals surface area contributed by atoms with Gasteiger partial charge in [0, 0.05) is 12.1 Å². The van der Waals surface area contributed by atoms with Gasteiger partial charge in [-0.05, 0) is 50.1 Å². The molecule has 0 unspecified atom stereocenters. The third kappa shape index (κ3) is 5.12. The molecule has 0 fully saturated rings. The SMILES string of the molecule is CC(C)Oc1ccccc1C(=O)Nc1ccc(CCC(=O)O)cc1. The van der Waals surface area contributed by atoms with E-state index in [0.717, 1.165) is 5.56 Å². The van der Waals surface area contributed by atoms with Crippen LogP contribution in [0.5, 0.6) is 5.75 Å².